The highest BCUT2D eigenvalue weighted by Crippen LogP contribution is 2.22. The zero-order valence-electron chi connectivity index (χ0n) is 18.3. The first-order valence-electron chi connectivity index (χ1n) is 10.9. The maximum Gasteiger partial charge on any atom is 0.321 e. The van der Waals surface area contributed by atoms with Crippen LogP contribution in [0.15, 0.2) is 48.5 Å². The van der Waals surface area contributed by atoms with Crippen LogP contribution in [0.25, 0.3) is 0 Å². The Labute approximate surface area is 184 Å². The second-order valence-electron chi connectivity index (χ2n) is 8.15. The molecule has 1 aliphatic heterocycles. The highest BCUT2D eigenvalue weighted by Gasteiger charge is 2.31. The summed E-state index contributed by atoms with van der Waals surface area (Å²) in [6.07, 6.45) is 2.47. The second-order valence-corrected chi connectivity index (χ2v) is 8.15. The molecule has 162 valence electrons. The van der Waals surface area contributed by atoms with Gasteiger partial charge in [-0.3, -0.25) is 4.79 Å². The van der Waals surface area contributed by atoms with Gasteiger partial charge < -0.3 is 15.1 Å². The van der Waals surface area contributed by atoms with E-state index < -0.39 is 0 Å². The largest absolute Gasteiger partial charge is 0.338 e. The van der Waals surface area contributed by atoms with Crippen LogP contribution in [0.5, 0.6) is 0 Å². The number of urea groups is 1. The van der Waals surface area contributed by atoms with Crippen LogP contribution in [0.4, 0.5) is 10.5 Å². The van der Waals surface area contributed by atoms with Crippen molar-refractivity contribution in [3.05, 3.63) is 65.2 Å². The minimum atomic E-state index is -0.193. The molecule has 1 aliphatic rings. The standard InChI is InChI=1S/C25H30N4O2/c1-3-13-28(17-21-11-9-20(16-26)10-12-21)24(30)22-7-5-14-29(18-22)25(31)27-23-8-4-6-19(2)15-23/h4,6,8-12,15,22H,3,5,7,13-14,17-18H2,1-2H3,(H,27,31). The summed E-state index contributed by atoms with van der Waals surface area (Å²) in [7, 11) is 0. The molecule has 6 nitrogen and oxygen atoms in total. The van der Waals surface area contributed by atoms with E-state index in [1.54, 1.807) is 17.0 Å². The molecule has 0 radical (unpaired) electrons. The fourth-order valence-electron chi connectivity index (χ4n) is 3.99. The summed E-state index contributed by atoms with van der Waals surface area (Å²) < 4.78 is 0. The lowest BCUT2D eigenvalue weighted by Crippen LogP contribution is -2.48. The van der Waals surface area contributed by atoms with E-state index in [-0.39, 0.29) is 17.9 Å². The summed E-state index contributed by atoms with van der Waals surface area (Å²) in [6, 6.07) is 17.0. The lowest BCUT2D eigenvalue weighted by Gasteiger charge is -2.35. The number of benzene rings is 2. The van der Waals surface area contributed by atoms with Crippen LogP contribution in [0, 0.1) is 24.2 Å². The van der Waals surface area contributed by atoms with E-state index in [0.717, 1.165) is 36.1 Å². The molecular formula is C25H30N4O2. The van der Waals surface area contributed by atoms with Crippen molar-refractivity contribution in [3.8, 4) is 6.07 Å². The summed E-state index contributed by atoms with van der Waals surface area (Å²) in [5, 5.41) is 11.9. The Bertz CT molecular complexity index is 949. The number of nitrogens with zero attached hydrogens (tertiary/aromatic N) is 3. The number of likely N-dealkylation sites (tertiary alicyclic amines) is 1. The van der Waals surface area contributed by atoms with Crippen LogP contribution in [0.3, 0.4) is 0 Å². The van der Waals surface area contributed by atoms with Gasteiger partial charge in [0.15, 0.2) is 0 Å². The normalized spacial score (nSPS) is 15.8. The number of hydrogen-bond donors (Lipinski definition) is 1. The summed E-state index contributed by atoms with van der Waals surface area (Å²) in [6.45, 7) is 6.33. The smallest absolute Gasteiger partial charge is 0.321 e. The van der Waals surface area contributed by atoms with E-state index in [0.29, 0.717) is 31.7 Å². The zero-order valence-corrected chi connectivity index (χ0v) is 18.3. The predicted molar refractivity (Wildman–Crippen MR) is 121 cm³/mol. The van der Waals surface area contributed by atoms with Crippen molar-refractivity contribution in [2.45, 2.75) is 39.7 Å². The van der Waals surface area contributed by atoms with Crippen molar-refractivity contribution in [2.24, 2.45) is 5.92 Å². The van der Waals surface area contributed by atoms with Gasteiger partial charge in [0.25, 0.3) is 0 Å². The maximum atomic E-state index is 13.3. The van der Waals surface area contributed by atoms with Gasteiger partial charge >= 0.3 is 6.03 Å². The minimum absolute atomic E-state index is 0.0965. The lowest BCUT2D eigenvalue weighted by atomic mass is 9.96. The highest BCUT2D eigenvalue weighted by molar-refractivity contribution is 5.90. The van der Waals surface area contributed by atoms with Crippen molar-refractivity contribution >= 4 is 17.6 Å². The molecule has 0 aliphatic carbocycles. The molecule has 0 bridgehead atoms. The molecule has 1 N–H and O–H groups in total. The number of nitrogens with one attached hydrogen (secondary N) is 1. The van der Waals surface area contributed by atoms with Crippen LogP contribution in [0.1, 0.15) is 42.9 Å². The molecule has 3 amide bonds. The molecule has 1 saturated heterocycles. The Hall–Kier alpha value is -3.33. The van der Waals surface area contributed by atoms with Crippen molar-refractivity contribution in [1.29, 1.82) is 5.26 Å². The monoisotopic (exact) mass is 418 g/mol. The molecule has 0 saturated carbocycles. The highest BCUT2D eigenvalue weighted by atomic mass is 16.2. The average molecular weight is 419 g/mol. The number of nitriles is 1. The van der Waals surface area contributed by atoms with Crippen LogP contribution >= 0.6 is 0 Å². The topological polar surface area (TPSA) is 76.4 Å². The number of piperidine rings is 1. The van der Waals surface area contributed by atoms with E-state index in [1.165, 1.54) is 0 Å². The van der Waals surface area contributed by atoms with Gasteiger partial charge in [0.05, 0.1) is 17.6 Å². The lowest BCUT2D eigenvalue weighted by molar-refractivity contribution is -0.137. The molecule has 2 aromatic rings. The summed E-state index contributed by atoms with van der Waals surface area (Å²) >= 11 is 0. The SMILES string of the molecule is CCCN(Cc1ccc(C#N)cc1)C(=O)C1CCCN(C(=O)Nc2cccc(C)c2)C1. The quantitative estimate of drug-likeness (QED) is 0.748. The van der Waals surface area contributed by atoms with Crippen molar-refractivity contribution < 1.29 is 9.59 Å². The van der Waals surface area contributed by atoms with Gasteiger partial charge in [-0.2, -0.15) is 5.26 Å². The first kappa shape index (κ1) is 22.4. The number of carbonyl (C=O) groups excluding carboxylic acids is 2. The molecule has 1 fully saturated rings. The Morgan fingerprint density at radius 3 is 2.68 bits per heavy atom. The minimum Gasteiger partial charge on any atom is -0.338 e. The first-order chi connectivity index (χ1) is 15.0. The van der Waals surface area contributed by atoms with Crippen LogP contribution in [-0.4, -0.2) is 41.4 Å². The molecule has 1 atom stereocenters. The Kier molecular flexibility index (Phi) is 7.66. The van der Waals surface area contributed by atoms with Gasteiger partial charge in [0.1, 0.15) is 0 Å². The van der Waals surface area contributed by atoms with Crippen molar-refractivity contribution in [2.75, 3.05) is 25.0 Å². The Balaban J connectivity index is 1.64. The Morgan fingerprint density at radius 2 is 2.00 bits per heavy atom. The molecule has 0 spiro atoms. The second kappa shape index (κ2) is 10.6. The van der Waals surface area contributed by atoms with Gasteiger partial charge in [-0.1, -0.05) is 31.2 Å². The zero-order chi connectivity index (χ0) is 22.2. The number of rotatable bonds is 6. The van der Waals surface area contributed by atoms with Gasteiger partial charge in [0.2, 0.25) is 5.91 Å². The predicted octanol–water partition coefficient (Wildman–Crippen LogP) is 4.55. The fourth-order valence-corrected chi connectivity index (χ4v) is 3.99. The van der Waals surface area contributed by atoms with Gasteiger partial charge in [0, 0.05) is 31.9 Å². The molecule has 6 heteroatoms. The maximum absolute atomic E-state index is 13.3. The Morgan fingerprint density at radius 1 is 1.23 bits per heavy atom. The number of amides is 3. The van der Waals surface area contributed by atoms with Crippen LogP contribution < -0.4 is 5.32 Å². The van der Waals surface area contributed by atoms with E-state index in [4.69, 9.17) is 5.26 Å². The van der Waals surface area contributed by atoms with Crippen molar-refractivity contribution in [1.82, 2.24) is 9.80 Å². The molecular weight excluding hydrogens is 388 g/mol. The third-order valence-corrected chi connectivity index (χ3v) is 5.59. The molecule has 1 unspecified atom stereocenters. The van der Waals surface area contributed by atoms with Crippen LogP contribution in [0.2, 0.25) is 0 Å². The van der Waals surface area contributed by atoms with E-state index in [1.807, 2.05) is 48.2 Å². The summed E-state index contributed by atoms with van der Waals surface area (Å²) in [5.74, 6) is -0.0961. The third-order valence-electron chi connectivity index (χ3n) is 5.59. The molecule has 3 rings (SSSR count). The number of aryl methyl sites for hydroxylation is 1. The molecule has 0 aromatic heterocycles. The van der Waals surface area contributed by atoms with E-state index >= 15 is 0 Å². The summed E-state index contributed by atoms with van der Waals surface area (Å²) in [4.78, 5) is 29.7. The number of hydrogen-bond acceptors (Lipinski definition) is 3. The van der Waals surface area contributed by atoms with E-state index in [9.17, 15) is 9.59 Å². The summed E-state index contributed by atoms with van der Waals surface area (Å²) in [5.41, 5.74) is 3.47. The first-order valence-corrected chi connectivity index (χ1v) is 10.9. The van der Waals surface area contributed by atoms with Crippen molar-refractivity contribution in [3.63, 3.8) is 0 Å². The van der Waals surface area contributed by atoms with Crippen LogP contribution in [-0.2, 0) is 11.3 Å². The fraction of sp³-hybridized carbons (Fsp3) is 0.400. The number of anilines is 1. The average Bonchev–Trinajstić information content (AvgIpc) is 2.79. The van der Waals surface area contributed by atoms with Gasteiger partial charge in [-0.15, -0.1) is 0 Å². The van der Waals surface area contributed by atoms with Gasteiger partial charge in [-0.05, 0) is 61.6 Å². The molecule has 1 heterocycles. The van der Waals surface area contributed by atoms with Gasteiger partial charge in [-0.25, -0.2) is 4.79 Å². The van der Waals surface area contributed by atoms with E-state index in [2.05, 4.69) is 18.3 Å². The third kappa shape index (κ3) is 6.08. The number of carbonyl (C=O) groups is 2. The molecule has 31 heavy (non-hydrogen) atoms. The molecule has 2 aromatic carbocycles.